The van der Waals surface area contributed by atoms with Crippen molar-refractivity contribution in [1.82, 2.24) is 10.6 Å². The molecule has 0 bridgehead atoms. The molecule has 0 saturated carbocycles. The van der Waals surface area contributed by atoms with Crippen molar-refractivity contribution < 1.29 is 9.59 Å². The average Bonchev–Trinajstić information content (AvgIpc) is 2.21. The molecule has 0 aliphatic heterocycles. The molecule has 6 heteroatoms. The molecule has 0 atom stereocenters. The van der Waals surface area contributed by atoms with Crippen LogP contribution in [0.5, 0.6) is 0 Å². The third kappa shape index (κ3) is 7.88. The molecule has 0 aliphatic rings. The van der Waals surface area contributed by atoms with Crippen molar-refractivity contribution >= 4 is 23.6 Å². The smallest absolute Gasteiger partial charge is 0.239 e. The molecule has 82 valence electrons. The minimum atomic E-state index is -0.315. The average molecular weight is 219 g/mol. The second-order valence-corrected chi connectivity index (χ2v) is 3.66. The Bertz CT molecular complexity index is 187. The molecule has 4 N–H and O–H groups in total. The van der Waals surface area contributed by atoms with E-state index in [-0.39, 0.29) is 24.9 Å². The predicted octanol–water partition coefficient (Wildman–Crippen LogP) is -1.07. The van der Waals surface area contributed by atoms with Crippen LogP contribution in [0.3, 0.4) is 0 Å². The van der Waals surface area contributed by atoms with Crippen LogP contribution in [-0.4, -0.2) is 43.5 Å². The van der Waals surface area contributed by atoms with Crippen LogP contribution in [0, 0.1) is 0 Å². The lowest BCUT2D eigenvalue weighted by Crippen LogP contribution is -2.39. The summed E-state index contributed by atoms with van der Waals surface area (Å²) in [6, 6.07) is 0. The molecule has 5 nitrogen and oxygen atoms in total. The van der Waals surface area contributed by atoms with Crippen LogP contribution in [0.1, 0.15) is 6.42 Å². The van der Waals surface area contributed by atoms with Gasteiger partial charge in [0.2, 0.25) is 11.8 Å². The van der Waals surface area contributed by atoms with Gasteiger partial charge in [0, 0.05) is 6.54 Å². The molecule has 2 amide bonds. The molecule has 0 heterocycles. The van der Waals surface area contributed by atoms with E-state index >= 15 is 0 Å². The highest BCUT2D eigenvalue weighted by Crippen LogP contribution is 1.92. The van der Waals surface area contributed by atoms with Gasteiger partial charge in [-0.2, -0.15) is 11.8 Å². The molecule has 0 rings (SSSR count). The van der Waals surface area contributed by atoms with Gasteiger partial charge in [0.05, 0.1) is 13.1 Å². The fourth-order valence-corrected chi connectivity index (χ4v) is 1.19. The fraction of sp³-hybridized carbons (Fsp3) is 0.750. The minimum Gasteiger partial charge on any atom is -0.355 e. The lowest BCUT2D eigenvalue weighted by molar-refractivity contribution is -0.125. The summed E-state index contributed by atoms with van der Waals surface area (Å²) in [5.41, 5.74) is 5.05. The topological polar surface area (TPSA) is 84.2 Å². The van der Waals surface area contributed by atoms with Gasteiger partial charge in [0.1, 0.15) is 0 Å². The number of rotatable bonds is 7. The summed E-state index contributed by atoms with van der Waals surface area (Å²) in [4.78, 5) is 21.7. The number of hydrogen-bond acceptors (Lipinski definition) is 4. The number of thioether (sulfide) groups is 1. The highest BCUT2D eigenvalue weighted by molar-refractivity contribution is 7.98. The van der Waals surface area contributed by atoms with E-state index < -0.39 is 0 Å². The first-order valence-electron chi connectivity index (χ1n) is 4.43. The number of hydrogen-bond donors (Lipinski definition) is 3. The summed E-state index contributed by atoms with van der Waals surface area (Å²) in [5, 5.41) is 5.08. The van der Waals surface area contributed by atoms with Gasteiger partial charge in [-0.25, -0.2) is 0 Å². The standard InChI is InChI=1S/C8H17N3O2S/c1-14-4-2-3-10-8(13)6-11-7(12)5-9/h2-6,9H2,1H3,(H,10,13)(H,11,12). The first kappa shape index (κ1) is 13.2. The lowest BCUT2D eigenvalue weighted by atomic mass is 10.4. The Hall–Kier alpha value is -0.750. The van der Waals surface area contributed by atoms with Gasteiger partial charge < -0.3 is 16.4 Å². The van der Waals surface area contributed by atoms with Gasteiger partial charge in [-0.3, -0.25) is 9.59 Å². The Morgan fingerprint density at radius 2 is 2.00 bits per heavy atom. The maximum Gasteiger partial charge on any atom is 0.239 e. The normalized spacial score (nSPS) is 9.57. The van der Waals surface area contributed by atoms with Crippen molar-refractivity contribution in [2.45, 2.75) is 6.42 Å². The van der Waals surface area contributed by atoms with E-state index in [0.717, 1.165) is 12.2 Å². The Morgan fingerprint density at radius 3 is 2.57 bits per heavy atom. The molecular formula is C8H17N3O2S. The highest BCUT2D eigenvalue weighted by Gasteiger charge is 2.02. The maximum atomic E-state index is 11.1. The Kier molecular flexibility index (Phi) is 8.36. The zero-order chi connectivity index (χ0) is 10.8. The van der Waals surface area contributed by atoms with Crippen LogP contribution in [0.4, 0.5) is 0 Å². The van der Waals surface area contributed by atoms with E-state index in [0.29, 0.717) is 6.54 Å². The van der Waals surface area contributed by atoms with Crippen LogP contribution < -0.4 is 16.4 Å². The molecule has 0 unspecified atom stereocenters. The molecule has 0 fully saturated rings. The summed E-state index contributed by atoms with van der Waals surface area (Å²) in [5.74, 6) is 0.535. The quantitative estimate of drug-likeness (QED) is 0.476. The summed E-state index contributed by atoms with van der Waals surface area (Å²) in [6.45, 7) is 0.577. The van der Waals surface area contributed by atoms with Crippen molar-refractivity contribution in [3.8, 4) is 0 Å². The van der Waals surface area contributed by atoms with Gasteiger partial charge in [-0.15, -0.1) is 0 Å². The van der Waals surface area contributed by atoms with E-state index in [4.69, 9.17) is 5.73 Å². The number of nitrogens with two attached hydrogens (primary N) is 1. The minimum absolute atomic E-state index is 0.00923. The van der Waals surface area contributed by atoms with Crippen LogP contribution >= 0.6 is 11.8 Å². The first-order valence-corrected chi connectivity index (χ1v) is 5.82. The molecule has 0 aromatic rings. The van der Waals surface area contributed by atoms with Crippen LogP contribution in [0.15, 0.2) is 0 Å². The van der Waals surface area contributed by atoms with Crippen LogP contribution in [0.25, 0.3) is 0 Å². The molecular weight excluding hydrogens is 202 g/mol. The number of carbonyl (C=O) groups excluding carboxylic acids is 2. The molecule has 0 radical (unpaired) electrons. The van der Waals surface area contributed by atoms with Crippen molar-refractivity contribution in [3.05, 3.63) is 0 Å². The third-order valence-electron chi connectivity index (χ3n) is 1.48. The third-order valence-corrected chi connectivity index (χ3v) is 2.18. The zero-order valence-corrected chi connectivity index (χ0v) is 9.15. The number of amides is 2. The van der Waals surface area contributed by atoms with Crippen molar-refractivity contribution in [2.24, 2.45) is 5.73 Å². The van der Waals surface area contributed by atoms with E-state index in [1.54, 1.807) is 11.8 Å². The monoisotopic (exact) mass is 219 g/mol. The van der Waals surface area contributed by atoms with E-state index in [1.165, 1.54) is 0 Å². The van der Waals surface area contributed by atoms with Crippen LogP contribution in [0.2, 0.25) is 0 Å². The molecule has 0 aromatic heterocycles. The summed E-state index contributed by atoms with van der Waals surface area (Å²) >= 11 is 1.74. The summed E-state index contributed by atoms with van der Waals surface area (Å²) < 4.78 is 0. The van der Waals surface area contributed by atoms with Crippen molar-refractivity contribution in [2.75, 3.05) is 31.6 Å². The number of carbonyl (C=O) groups is 2. The van der Waals surface area contributed by atoms with Crippen molar-refractivity contribution in [1.29, 1.82) is 0 Å². The van der Waals surface area contributed by atoms with E-state index in [9.17, 15) is 9.59 Å². The molecule has 0 aromatic carbocycles. The van der Waals surface area contributed by atoms with E-state index in [2.05, 4.69) is 10.6 Å². The predicted molar refractivity (Wildman–Crippen MR) is 58.1 cm³/mol. The molecule has 0 spiro atoms. The molecule has 0 saturated heterocycles. The zero-order valence-electron chi connectivity index (χ0n) is 8.34. The van der Waals surface area contributed by atoms with Gasteiger partial charge >= 0.3 is 0 Å². The van der Waals surface area contributed by atoms with Crippen LogP contribution in [-0.2, 0) is 9.59 Å². The van der Waals surface area contributed by atoms with E-state index in [1.807, 2.05) is 6.26 Å². The van der Waals surface area contributed by atoms with Gasteiger partial charge in [0.25, 0.3) is 0 Å². The van der Waals surface area contributed by atoms with Gasteiger partial charge in [0.15, 0.2) is 0 Å². The Morgan fingerprint density at radius 1 is 1.29 bits per heavy atom. The first-order chi connectivity index (χ1) is 6.70. The lowest BCUT2D eigenvalue weighted by Gasteiger charge is -2.05. The second-order valence-electron chi connectivity index (χ2n) is 2.68. The molecule has 0 aliphatic carbocycles. The summed E-state index contributed by atoms with van der Waals surface area (Å²) in [7, 11) is 0. The van der Waals surface area contributed by atoms with Gasteiger partial charge in [-0.05, 0) is 18.4 Å². The number of nitrogens with one attached hydrogen (secondary N) is 2. The summed E-state index contributed by atoms with van der Waals surface area (Å²) in [6.07, 6.45) is 2.96. The Labute approximate surface area is 88.2 Å². The molecule has 14 heavy (non-hydrogen) atoms. The second kappa shape index (κ2) is 8.83. The van der Waals surface area contributed by atoms with Gasteiger partial charge in [-0.1, -0.05) is 0 Å². The largest absolute Gasteiger partial charge is 0.355 e. The highest BCUT2D eigenvalue weighted by atomic mass is 32.2. The van der Waals surface area contributed by atoms with Crippen molar-refractivity contribution in [3.63, 3.8) is 0 Å². The maximum absolute atomic E-state index is 11.1. The fourth-order valence-electron chi connectivity index (χ4n) is 0.758. The SMILES string of the molecule is CSCCCNC(=O)CNC(=O)CN. The Balaban J connectivity index is 3.32.